The van der Waals surface area contributed by atoms with E-state index in [4.69, 9.17) is 5.73 Å². The van der Waals surface area contributed by atoms with Gasteiger partial charge >= 0.3 is 12.0 Å². The van der Waals surface area contributed by atoms with Crippen LogP contribution in [0.2, 0.25) is 0 Å². The molecule has 9 heteroatoms. The molecule has 3 amide bonds. The molecule has 0 aromatic heterocycles. The molecule has 2 fully saturated rings. The number of nitrogens with two attached hydrogens (primary N) is 1. The summed E-state index contributed by atoms with van der Waals surface area (Å²) in [6, 6.07) is 8.79. The van der Waals surface area contributed by atoms with Gasteiger partial charge in [-0.05, 0) is 30.9 Å². The number of carbonyl (C=O) groups excluding carboxylic acids is 3. The number of nitrogens with zero attached hydrogens (tertiary/aromatic N) is 3. The van der Waals surface area contributed by atoms with Gasteiger partial charge in [0, 0.05) is 31.9 Å². The number of nitrogens with one attached hydrogen (secondary N) is 1. The smallest absolute Gasteiger partial charge is 0.324 e. The number of carbonyl (C=O) groups is 3. The number of methoxy groups -OCH3 is 1. The van der Waals surface area contributed by atoms with E-state index in [1.165, 1.54) is 7.11 Å². The van der Waals surface area contributed by atoms with Gasteiger partial charge in [0.2, 0.25) is 5.91 Å². The number of para-hydroxylation sites is 1. The Bertz CT molecular complexity index is 792. The average Bonchev–Trinajstić information content (AvgIpc) is 3.03. The van der Waals surface area contributed by atoms with Crippen molar-refractivity contribution in [2.75, 3.05) is 44.9 Å². The zero-order valence-corrected chi connectivity index (χ0v) is 18.5. The van der Waals surface area contributed by atoms with Crippen LogP contribution in [0.4, 0.5) is 10.5 Å². The van der Waals surface area contributed by atoms with Crippen molar-refractivity contribution in [2.45, 2.75) is 38.3 Å². The predicted molar refractivity (Wildman–Crippen MR) is 117 cm³/mol. The predicted octanol–water partition coefficient (Wildman–Crippen LogP) is 0.993. The molecule has 3 N–H and O–H groups in total. The first kappa shape index (κ1) is 22.9. The number of likely N-dealkylation sites (tertiary alicyclic amines) is 1. The Morgan fingerprint density at radius 2 is 1.84 bits per heavy atom. The van der Waals surface area contributed by atoms with E-state index in [2.05, 4.69) is 28.8 Å². The summed E-state index contributed by atoms with van der Waals surface area (Å²) in [4.78, 5) is 43.3. The highest BCUT2D eigenvalue weighted by Gasteiger charge is 2.54. The lowest BCUT2D eigenvalue weighted by molar-refractivity contribution is -0.142. The fraction of sp³-hybridized carbons (Fsp3) is 0.591. The molecule has 1 atom stereocenters. The molecule has 1 aromatic rings. The van der Waals surface area contributed by atoms with E-state index < -0.39 is 17.6 Å². The first-order chi connectivity index (χ1) is 14.8. The minimum atomic E-state index is -0.903. The highest BCUT2D eigenvalue weighted by molar-refractivity contribution is 5.94. The lowest BCUT2D eigenvalue weighted by atomic mass is 9.85. The van der Waals surface area contributed by atoms with Crippen LogP contribution in [0.1, 0.15) is 26.7 Å². The standard InChI is InChI=1S/C22H33N5O4/c1-16(2)14-26-15-27(17-7-5-4-6-8-17)22(20(26)29)9-11-25(12-10-22)21(30)24-13-18(23)19(28)31-3/h4-8,16,18H,9-15,23H2,1-3H3,(H,24,30). The van der Waals surface area contributed by atoms with Crippen LogP contribution >= 0.6 is 0 Å². The summed E-state index contributed by atoms with van der Waals surface area (Å²) in [5.74, 6) is -0.0577. The topological polar surface area (TPSA) is 108 Å². The number of benzene rings is 1. The number of amides is 3. The van der Waals surface area contributed by atoms with E-state index >= 15 is 0 Å². The molecular weight excluding hydrogens is 398 g/mol. The lowest BCUT2D eigenvalue weighted by Gasteiger charge is -2.43. The molecule has 1 aromatic carbocycles. The normalized spacial score (nSPS) is 19.1. The first-order valence-electron chi connectivity index (χ1n) is 10.8. The van der Waals surface area contributed by atoms with Gasteiger partial charge in [-0.25, -0.2) is 4.79 Å². The average molecular weight is 432 g/mol. The van der Waals surface area contributed by atoms with Crippen molar-refractivity contribution in [1.82, 2.24) is 15.1 Å². The van der Waals surface area contributed by atoms with Crippen molar-refractivity contribution in [3.05, 3.63) is 30.3 Å². The summed E-state index contributed by atoms with van der Waals surface area (Å²) in [6.45, 7) is 6.38. The Balaban J connectivity index is 1.70. The van der Waals surface area contributed by atoms with Crippen molar-refractivity contribution in [1.29, 1.82) is 0 Å². The molecule has 0 bridgehead atoms. The van der Waals surface area contributed by atoms with Crippen LogP contribution < -0.4 is 16.0 Å². The third-order valence-corrected chi connectivity index (χ3v) is 6.02. The summed E-state index contributed by atoms with van der Waals surface area (Å²) >= 11 is 0. The number of hydrogen-bond donors (Lipinski definition) is 2. The van der Waals surface area contributed by atoms with Gasteiger partial charge in [-0.3, -0.25) is 9.59 Å². The van der Waals surface area contributed by atoms with E-state index in [0.29, 0.717) is 45.1 Å². The van der Waals surface area contributed by atoms with Crippen LogP contribution in [-0.4, -0.2) is 79.2 Å². The Morgan fingerprint density at radius 3 is 2.42 bits per heavy atom. The zero-order valence-electron chi connectivity index (χ0n) is 18.5. The van der Waals surface area contributed by atoms with Crippen molar-refractivity contribution < 1.29 is 19.1 Å². The van der Waals surface area contributed by atoms with Crippen molar-refractivity contribution in [3.8, 4) is 0 Å². The molecule has 3 rings (SSSR count). The van der Waals surface area contributed by atoms with Gasteiger partial charge < -0.3 is 30.5 Å². The van der Waals surface area contributed by atoms with E-state index in [1.54, 1.807) is 4.90 Å². The maximum Gasteiger partial charge on any atom is 0.324 e. The molecular formula is C22H33N5O4. The monoisotopic (exact) mass is 431 g/mol. The SMILES string of the molecule is COC(=O)C(N)CNC(=O)N1CCC2(CC1)C(=O)N(CC(C)C)CN2c1ccccc1. The number of hydrogen-bond acceptors (Lipinski definition) is 6. The second-order valence-electron chi connectivity index (χ2n) is 8.66. The Labute approximate surface area is 183 Å². The first-order valence-corrected chi connectivity index (χ1v) is 10.8. The molecule has 2 aliphatic heterocycles. The van der Waals surface area contributed by atoms with Gasteiger partial charge in [0.25, 0.3) is 0 Å². The number of piperidine rings is 1. The van der Waals surface area contributed by atoms with Crippen molar-refractivity contribution >= 4 is 23.6 Å². The maximum atomic E-state index is 13.5. The summed E-state index contributed by atoms with van der Waals surface area (Å²) < 4.78 is 4.58. The van der Waals surface area contributed by atoms with Crippen LogP contribution in [-0.2, 0) is 14.3 Å². The molecule has 31 heavy (non-hydrogen) atoms. The highest BCUT2D eigenvalue weighted by Crippen LogP contribution is 2.39. The van der Waals surface area contributed by atoms with E-state index in [1.807, 2.05) is 35.2 Å². The number of urea groups is 1. The van der Waals surface area contributed by atoms with Gasteiger partial charge in [-0.2, -0.15) is 0 Å². The molecule has 2 heterocycles. The third-order valence-electron chi connectivity index (χ3n) is 6.02. The molecule has 0 aliphatic carbocycles. The number of ether oxygens (including phenoxy) is 1. The van der Waals surface area contributed by atoms with E-state index in [9.17, 15) is 14.4 Å². The largest absolute Gasteiger partial charge is 0.468 e. The van der Waals surface area contributed by atoms with Crippen LogP contribution in [0.5, 0.6) is 0 Å². The van der Waals surface area contributed by atoms with Crippen molar-refractivity contribution in [2.24, 2.45) is 11.7 Å². The van der Waals surface area contributed by atoms with E-state index in [0.717, 1.165) is 5.69 Å². The van der Waals surface area contributed by atoms with Crippen molar-refractivity contribution in [3.63, 3.8) is 0 Å². The quantitative estimate of drug-likeness (QED) is 0.651. The Kier molecular flexibility index (Phi) is 7.04. The molecule has 1 unspecified atom stereocenters. The van der Waals surface area contributed by atoms with Crippen LogP contribution in [0.3, 0.4) is 0 Å². The minimum Gasteiger partial charge on any atom is -0.468 e. The molecule has 0 radical (unpaired) electrons. The fourth-order valence-corrected chi connectivity index (χ4v) is 4.41. The van der Waals surface area contributed by atoms with Gasteiger partial charge in [0.15, 0.2) is 0 Å². The highest BCUT2D eigenvalue weighted by atomic mass is 16.5. The second-order valence-corrected chi connectivity index (χ2v) is 8.66. The number of esters is 1. The summed E-state index contributed by atoms with van der Waals surface area (Å²) in [6.07, 6.45) is 1.09. The van der Waals surface area contributed by atoms with Gasteiger partial charge in [0.05, 0.1) is 13.8 Å². The second kappa shape index (κ2) is 9.55. The fourth-order valence-electron chi connectivity index (χ4n) is 4.41. The third kappa shape index (κ3) is 4.76. The molecule has 1 spiro atoms. The number of anilines is 1. The molecule has 0 saturated carbocycles. The summed E-state index contributed by atoms with van der Waals surface area (Å²) in [5, 5.41) is 2.69. The minimum absolute atomic E-state index is 0.00435. The number of rotatable bonds is 6. The van der Waals surface area contributed by atoms with E-state index in [-0.39, 0.29) is 18.5 Å². The van der Waals surface area contributed by atoms with Gasteiger partial charge in [-0.15, -0.1) is 0 Å². The van der Waals surface area contributed by atoms with Crippen LogP contribution in [0, 0.1) is 5.92 Å². The lowest BCUT2D eigenvalue weighted by Crippen LogP contribution is -2.59. The zero-order chi connectivity index (χ0) is 22.6. The molecule has 9 nitrogen and oxygen atoms in total. The van der Waals surface area contributed by atoms with Crippen LogP contribution in [0.25, 0.3) is 0 Å². The summed E-state index contributed by atoms with van der Waals surface area (Å²) in [7, 11) is 1.26. The maximum absolute atomic E-state index is 13.5. The Hall–Kier alpha value is -2.81. The Morgan fingerprint density at radius 1 is 1.19 bits per heavy atom. The molecule has 2 saturated heterocycles. The molecule has 170 valence electrons. The summed E-state index contributed by atoms with van der Waals surface area (Å²) in [5.41, 5.74) is 6.07. The molecule has 2 aliphatic rings. The van der Waals surface area contributed by atoms with Gasteiger partial charge in [-0.1, -0.05) is 32.0 Å². The van der Waals surface area contributed by atoms with Gasteiger partial charge in [0.1, 0.15) is 11.6 Å². The van der Waals surface area contributed by atoms with Crippen LogP contribution in [0.15, 0.2) is 30.3 Å².